The third kappa shape index (κ3) is 3.83. The minimum absolute atomic E-state index is 0.0246. The van der Waals surface area contributed by atoms with E-state index in [0.717, 1.165) is 24.2 Å². The molecular weight excluding hydrogens is 354 g/mol. The van der Waals surface area contributed by atoms with Crippen LogP contribution in [0.3, 0.4) is 0 Å². The van der Waals surface area contributed by atoms with Crippen molar-refractivity contribution in [1.29, 1.82) is 0 Å². The molecule has 1 saturated carbocycles. The van der Waals surface area contributed by atoms with E-state index < -0.39 is 0 Å². The highest BCUT2D eigenvalue weighted by Gasteiger charge is 2.41. The van der Waals surface area contributed by atoms with Crippen molar-refractivity contribution in [3.05, 3.63) is 41.4 Å². The van der Waals surface area contributed by atoms with Crippen molar-refractivity contribution in [3.8, 4) is 5.75 Å². The number of thiazole rings is 1. The van der Waals surface area contributed by atoms with Crippen molar-refractivity contribution in [3.63, 3.8) is 0 Å². The lowest BCUT2D eigenvalue weighted by atomic mass is 9.90. The molecule has 1 atom stereocenters. The Morgan fingerprint density at radius 3 is 3.00 bits per heavy atom. The van der Waals surface area contributed by atoms with Crippen LogP contribution in [0.2, 0.25) is 0 Å². The molecule has 1 aliphatic carbocycles. The second kappa shape index (κ2) is 7.35. The number of nitrogens with zero attached hydrogens (tertiary/aromatic N) is 1. The maximum Gasteiger partial charge on any atom is 0.236 e. The molecule has 2 N–H and O–H groups in total. The minimum Gasteiger partial charge on any atom is -0.472 e. The number of carbonyl (C=O) groups is 1. The summed E-state index contributed by atoms with van der Waals surface area (Å²) >= 11 is 3.04. The van der Waals surface area contributed by atoms with E-state index in [2.05, 4.69) is 21.7 Å². The number of hydrogen-bond donors (Lipinski definition) is 2. The summed E-state index contributed by atoms with van der Waals surface area (Å²) in [5, 5.41) is 9.09. The largest absolute Gasteiger partial charge is 0.472 e. The molecular formula is C18H21N3O2S2. The number of rotatable bonds is 4. The molecule has 0 bridgehead atoms. The van der Waals surface area contributed by atoms with Crippen molar-refractivity contribution in [2.75, 3.05) is 11.1 Å². The van der Waals surface area contributed by atoms with E-state index in [0.29, 0.717) is 10.9 Å². The van der Waals surface area contributed by atoms with E-state index in [1.807, 2.05) is 23.6 Å². The van der Waals surface area contributed by atoms with Gasteiger partial charge in [-0.05, 0) is 18.9 Å². The summed E-state index contributed by atoms with van der Waals surface area (Å²) < 4.78 is 6.35. The summed E-state index contributed by atoms with van der Waals surface area (Å²) in [5.74, 6) is 1.30. The summed E-state index contributed by atoms with van der Waals surface area (Å²) in [6.45, 7) is 0. The second-order valence-corrected chi connectivity index (χ2v) is 8.40. The van der Waals surface area contributed by atoms with Gasteiger partial charge in [-0.2, -0.15) is 0 Å². The van der Waals surface area contributed by atoms with E-state index >= 15 is 0 Å². The van der Waals surface area contributed by atoms with Crippen LogP contribution in [-0.2, 0) is 4.79 Å². The molecule has 132 valence electrons. The number of anilines is 1. The molecule has 1 unspecified atom stereocenters. The molecule has 2 heterocycles. The smallest absolute Gasteiger partial charge is 0.236 e. The lowest BCUT2D eigenvalue weighted by molar-refractivity contribution is -0.113. The van der Waals surface area contributed by atoms with E-state index in [9.17, 15) is 4.79 Å². The van der Waals surface area contributed by atoms with Crippen molar-refractivity contribution in [1.82, 2.24) is 10.3 Å². The number of thioether (sulfide) groups is 1. The average molecular weight is 376 g/mol. The molecule has 0 saturated heterocycles. The number of para-hydroxylation sites is 1. The number of carbonyl (C=O) groups excluding carboxylic acids is 1. The molecule has 4 rings (SSSR count). The average Bonchev–Trinajstić information content (AvgIpc) is 3.13. The Hall–Kier alpha value is -1.57. The normalized spacial score (nSPS) is 21.4. The van der Waals surface area contributed by atoms with Gasteiger partial charge in [0.25, 0.3) is 0 Å². The SMILES string of the molecule is O=C(CSC1NC2(CCCCC2)Oc2ccccc21)Nc1nccs1. The van der Waals surface area contributed by atoms with Gasteiger partial charge in [-0.3, -0.25) is 10.1 Å². The fourth-order valence-electron chi connectivity index (χ4n) is 3.45. The van der Waals surface area contributed by atoms with Crippen LogP contribution in [0.5, 0.6) is 5.75 Å². The number of fused-ring (bicyclic) bond motifs is 1. The quantitative estimate of drug-likeness (QED) is 0.840. The number of hydrogen-bond acceptors (Lipinski definition) is 6. The maximum absolute atomic E-state index is 12.2. The highest BCUT2D eigenvalue weighted by Crippen LogP contribution is 2.44. The number of amides is 1. The molecule has 25 heavy (non-hydrogen) atoms. The fourth-order valence-corrected chi connectivity index (χ4v) is 5.05. The fraction of sp³-hybridized carbons (Fsp3) is 0.444. The third-order valence-corrected chi connectivity index (χ3v) is 6.44. The van der Waals surface area contributed by atoms with Gasteiger partial charge in [0.1, 0.15) is 5.75 Å². The topological polar surface area (TPSA) is 63.2 Å². The lowest BCUT2D eigenvalue weighted by Crippen LogP contribution is -2.55. The summed E-state index contributed by atoms with van der Waals surface area (Å²) in [7, 11) is 0. The van der Waals surface area contributed by atoms with Gasteiger partial charge >= 0.3 is 0 Å². The first-order valence-electron chi connectivity index (χ1n) is 8.61. The van der Waals surface area contributed by atoms with Crippen molar-refractivity contribution >= 4 is 34.1 Å². The summed E-state index contributed by atoms with van der Waals surface area (Å²) in [6.07, 6.45) is 7.35. The molecule has 1 aromatic carbocycles. The van der Waals surface area contributed by atoms with E-state index in [1.165, 1.54) is 30.6 Å². The van der Waals surface area contributed by atoms with Gasteiger partial charge < -0.3 is 10.1 Å². The highest BCUT2D eigenvalue weighted by atomic mass is 32.2. The Labute approximate surface area is 155 Å². The number of benzene rings is 1. The molecule has 2 aromatic rings. The zero-order valence-electron chi connectivity index (χ0n) is 13.9. The Balaban J connectivity index is 1.46. The number of nitrogens with one attached hydrogen (secondary N) is 2. The summed E-state index contributed by atoms with van der Waals surface area (Å²) in [4.78, 5) is 16.3. The molecule has 5 nitrogen and oxygen atoms in total. The highest BCUT2D eigenvalue weighted by molar-refractivity contribution is 8.00. The van der Waals surface area contributed by atoms with Crippen LogP contribution in [0.4, 0.5) is 5.13 Å². The lowest BCUT2D eigenvalue weighted by Gasteiger charge is -2.45. The van der Waals surface area contributed by atoms with Crippen molar-refractivity contribution in [2.24, 2.45) is 0 Å². The van der Waals surface area contributed by atoms with Gasteiger partial charge in [-0.15, -0.1) is 23.1 Å². The molecule has 1 fully saturated rings. The Kier molecular flexibility index (Phi) is 4.96. The predicted molar refractivity (Wildman–Crippen MR) is 102 cm³/mol. The molecule has 7 heteroatoms. The van der Waals surface area contributed by atoms with Gasteiger partial charge in [0, 0.05) is 30.0 Å². The number of aromatic nitrogens is 1. The van der Waals surface area contributed by atoms with Gasteiger partial charge in [0.2, 0.25) is 5.91 Å². The summed E-state index contributed by atoms with van der Waals surface area (Å²) in [5.41, 5.74) is 0.835. The predicted octanol–water partition coefficient (Wildman–Crippen LogP) is 4.16. The third-order valence-electron chi connectivity index (χ3n) is 4.62. The van der Waals surface area contributed by atoms with E-state index in [-0.39, 0.29) is 17.0 Å². The van der Waals surface area contributed by atoms with Crippen LogP contribution >= 0.6 is 23.1 Å². The van der Waals surface area contributed by atoms with Crippen LogP contribution in [-0.4, -0.2) is 22.4 Å². The first-order chi connectivity index (χ1) is 12.2. The van der Waals surface area contributed by atoms with Gasteiger partial charge in [-0.25, -0.2) is 4.98 Å². The van der Waals surface area contributed by atoms with E-state index in [4.69, 9.17) is 4.74 Å². The molecule has 1 aliphatic heterocycles. The van der Waals surface area contributed by atoms with Crippen molar-refractivity contribution in [2.45, 2.75) is 43.2 Å². The zero-order chi connectivity index (χ0) is 17.1. The first kappa shape index (κ1) is 16.9. The van der Waals surface area contributed by atoms with Crippen LogP contribution in [0.1, 0.15) is 43.0 Å². The maximum atomic E-state index is 12.2. The van der Waals surface area contributed by atoms with Gasteiger partial charge in [-0.1, -0.05) is 24.6 Å². The van der Waals surface area contributed by atoms with Crippen molar-refractivity contribution < 1.29 is 9.53 Å². The van der Waals surface area contributed by atoms with Crippen LogP contribution in [0.25, 0.3) is 0 Å². The van der Waals surface area contributed by atoms with E-state index in [1.54, 1.807) is 18.0 Å². The number of ether oxygens (including phenoxy) is 1. The van der Waals surface area contributed by atoms with Gasteiger partial charge in [0.05, 0.1) is 11.1 Å². The van der Waals surface area contributed by atoms with Gasteiger partial charge in [0.15, 0.2) is 10.9 Å². The molecule has 1 amide bonds. The minimum atomic E-state index is -0.282. The molecule has 2 aliphatic rings. The molecule has 1 aromatic heterocycles. The van der Waals surface area contributed by atoms with Crippen LogP contribution in [0, 0.1) is 0 Å². The molecule has 0 radical (unpaired) electrons. The Morgan fingerprint density at radius 2 is 2.20 bits per heavy atom. The summed E-state index contributed by atoms with van der Waals surface area (Å²) in [6, 6.07) is 8.15. The van der Waals surface area contributed by atoms with Crippen LogP contribution in [0.15, 0.2) is 35.8 Å². The zero-order valence-corrected chi connectivity index (χ0v) is 15.5. The standard InChI is InChI=1S/C18H21N3O2S2/c22-15(20-17-19-10-11-24-17)12-25-16-13-6-2-3-7-14(13)23-18(21-16)8-4-1-5-9-18/h2-3,6-7,10-11,16,21H,1,4-5,8-9,12H2,(H,19,20,22). The molecule has 1 spiro atoms. The Morgan fingerprint density at radius 1 is 1.36 bits per heavy atom. The monoisotopic (exact) mass is 375 g/mol. The van der Waals surface area contributed by atoms with Crippen LogP contribution < -0.4 is 15.4 Å². The second-order valence-electron chi connectivity index (χ2n) is 6.42. The Bertz CT molecular complexity index is 730. The first-order valence-corrected chi connectivity index (χ1v) is 10.5.